The highest BCUT2D eigenvalue weighted by Crippen LogP contribution is 2.20. The second-order valence-corrected chi connectivity index (χ2v) is 6.29. The highest BCUT2D eigenvalue weighted by Gasteiger charge is 2.29. The van der Waals surface area contributed by atoms with E-state index in [1.165, 1.54) is 6.92 Å². The maximum Gasteiger partial charge on any atom is 0.335 e. The smallest absolute Gasteiger partial charge is 0.335 e. The van der Waals surface area contributed by atoms with Crippen molar-refractivity contribution < 1.29 is 29.0 Å². The summed E-state index contributed by atoms with van der Waals surface area (Å²) in [6.45, 7) is 2.74. The van der Waals surface area contributed by atoms with Gasteiger partial charge in [-0.25, -0.2) is 4.79 Å². The van der Waals surface area contributed by atoms with Gasteiger partial charge in [0.25, 0.3) is 0 Å². The maximum absolute atomic E-state index is 12.1. The van der Waals surface area contributed by atoms with Crippen molar-refractivity contribution >= 4 is 35.2 Å². The van der Waals surface area contributed by atoms with Crippen LogP contribution in [0.1, 0.15) is 25.8 Å². The number of para-hydroxylation sites is 1. The van der Waals surface area contributed by atoms with Crippen LogP contribution in [0, 0.1) is 0 Å². The summed E-state index contributed by atoms with van der Waals surface area (Å²) >= 11 is 5.01. The normalized spacial score (nSPS) is 16.2. The first-order valence-corrected chi connectivity index (χ1v) is 8.62. The first-order chi connectivity index (χ1) is 12.8. The van der Waals surface area contributed by atoms with Gasteiger partial charge in [0.2, 0.25) is 0 Å². The highest BCUT2D eigenvalue weighted by atomic mass is 32.1. The van der Waals surface area contributed by atoms with Crippen LogP contribution in [0.25, 0.3) is 0 Å². The molecule has 0 aliphatic carbocycles. The number of thiocarbonyl (C=S) groups is 1. The molecule has 1 unspecified atom stereocenters. The lowest BCUT2D eigenvalue weighted by atomic mass is 10.0. The molecule has 9 heteroatoms. The number of carboxylic acid groups (broad SMARTS) is 1. The molecule has 0 radical (unpaired) electrons. The molecular weight excluding hydrogens is 372 g/mol. The number of carboxylic acids is 1. The fraction of sp³-hybridized carbons (Fsp3) is 0.333. The molecule has 1 aromatic carbocycles. The number of aryl methyl sites for hydroxylation is 1. The SMILES string of the molecule is CC(=O)Oc1ccccc1CCC(=O)OCC1NC(=S)NC(C)=C1C(=O)O. The van der Waals surface area contributed by atoms with Crippen LogP contribution >= 0.6 is 12.2 Å². The molecule has 0 fully saturated rings. The van der Waals surface area contributed by atoms with E-state index in [9.17, 15) is 19.5 Å². The summed E-state index contributed by atoms with van der Waals surface area (Å²) in [6, 6.07) is 6.18. The zero-order valence-corrected chi connectivity index (χ0v) is 15.7. The summed E-state index contributed by atoms with van der Waals surface area (Å²) in [4.78, 5) is 34.6. The number of carbonyl (C=O) groups is 3. The topological polar surface area (TPSA) is 114 Å². The van der Waals surface area contributed by atoms with Crippen LogP contribution in [-0.4, -0.2) is 40.8 Å². The van der Waals surface area contributed by atoms with E-state index < -0.39 is 23.9 Å². The number of benzene rings is 1. The Balaban J connectivity index is 1.93. The van der Waals surface area contributed by atoms with E-state index in [-0.39, 0.29) is 23.7 Å². The highest BCUT2D eigenvalue weighted by molar-refractivity contribution is 7.80. The van der Waals surface area contributed by atoms with Crippen molar-refractivity contribution in [3.05, 3.63) is 41.1 Å². The molecule has 0 aromatic heterocycles. The van der Waals surface area contributed by atoms with Crippen LogP contribution in [0.2, 0.25) is 0 Å². The third-order valence-electron chi connectivity index (χ3n) is 3.82. The molecule has 27 heavy (non-hydrogen) atoms. The number of nitrogens with one attached hydrogen (secondary N) is 2. The summed E-state index contributed by atoms with van der Waals surface area (Å²) < 4.78 is 10.3. The third-order valence-corrected chi connectivity index (χ3v) is 4.04. The van der Waals surface area contributed by atoms with Gasteiger partial charge in [0, 0.05) is 19.0 Å². The Bertz CT molecular complexity index is 805. The van der Waals surface area contributed by atoms with Gasteiger partial charge < -0.3 is 25.2 Å². The van der Waals surface area contributed by atoms with Gasteiger partial charge in [-0.3, -0.25) is 9.59 Å². The second kappa shape index (κ2) is 9.13. The number of rotatable bonds is 7. The Morgan fingerprint density at radius 2 is 1.96 bits per heavy atom. The second-order valence-electron chi connectivity index (χ2n) is 5.88. The van der Waals surface area contributed by atoms with E-state index in [0.29, 0.717) is 23.4 Å². The monoisotopic (exact) mass is 392 g/mol. The van der Waals surface area contributed by atoms with E-state index in [1.807, 2.05) is 0 Å². The molecule has 1 heterocycles. The summed E-state index contributed by atoms with van der Waals surface area (Å²) in [6.07, 6.45) is 0.375. The van der Waals surface area contributed by atoms with Crippen LogP contribution in [0.5, 0.6) is 5.75 Å². The van der Waals surface area contributed by atoms with E-state index in [0.717, 1.165) is 0 Å². The molecule has 0 bridgehead atoms. The molecule has 8 nitrogen and oxygen atoms in total. The van der Waals surface area contributed by atoms with Crippen molar-refractivity contribution in [1.29, 1.82) is 0 Å². The molecule has 1 aromatic rings. The summed E-state index contributed by atoms with van der Waals surface area (Å²) in [5, 5.41) is 15.1. The van der Waals surface area contributed by atoms with Crippen molar-refractivity contribution in [2.24, 2.45) is 0 Å². The van der Waals surface area contributed by atoms with E-state index in [2.05, 4.69) is 10.6 Å². The van der Waals surface area contributed by atoms with Gasteiger partial charge in [0.05, 0.1) is 11.6 Å². The lowest BCUT2D eigenvalue weighted by Crippen LogP contribution is -2.51. The molecule has 0 saturated heterocycles. The minimum Gasteiger partial charge on any atom is -0.478 e. The fourth-order valence-electron chi connectivity index (χ4n) is 2.65. The molecule has 0 saturated carbocycles. The molecule has 0 spiro atoms. The lowest BCUT2D eigenvalue weighted by Gasteiger charge is -2.28. The number of hydrogen-bond acceptors (Lipinski definition) is 6. The molecule has 1 aliphatic rings. The number of aliphatic carboxylic acids is 1. The van der Waals surface area contributed by atoms with Crippen LogP contribution in [0.15, 0.2) is 35.5 Å². The van der Waals surface area contributed by atoms with Crippen molar-refractivity contribution in [1.82, 2.24) is 10.6 Å². The fourth-order valence-corrected chi connectivity index (χ4v) is 2.95. The van der Waals surface area contributed by atoms with Crippen molar-refractivity contribution in [2.45, 2.75) is 32.7 Å². The Morgan fingerprint density at radius 3 is 2.63 bits per heavy atom. The average molecular weight is 392 g/mol. The Kier molecular flexibility index (Phi) is 6.89. The van der Waals surface area contributed by atoms with Gasteiger partial charge in [-0.1, -0.05) is 18.2 Å². The average Bonchev–Trinajstić information content (AvgIpc) is 2.57. The van der Waals surface area contributed by atoms with Gasteiger partial charge in [0.1, 0.15) is 12.4 Å². The van der Waals surface area contributed by atoms with Crippen molar-refractivity contribution in [2.75, 3.05) is 6.61 Å². The van der Waals surface area contributed by atoms with E-state index in [4.69, 9.17) is 21.7 Å². The zero-order valence-electron chi connectivity index (χ0n) is 14.9. The molecule has 2 rings (SSSR count). The summed E-state index contributed by atoms with van der Waals surface area (Å²) in [7, 11) is 0. The van der Waals surface area contributed by atoms with Crippen molar-refractivity contribution in [3.8, 4) is 5.75 Å². The third kappa shape index (κ3) is 5.78. The predicted molar refractivity (Wildman–Crippen MR) is 100 cm³/mol. The Labute approximate surface area is 161 Å². The minimum absolute atomic E-state index is 0.0544. The molecule has 1 aliphatic heterocycles. The molecule has 0 amide bonds. The Morgan fingerprint density at radius 1 is 1.26 bits per heavy atom. The number of esters is 2. The number of allylic oxidation sites excluding steroid dienone is 1. The summed E-state index contributed by atoms with van der Waals surface area (Å²) in [5.41, 5.74) is 1.17. The van der Waals surface area contributed by atoms with Gasteiger partial charge in [-0.15, -0.1) is 0 Å². The minimum atomic E-state index is -1.12. The first kappa shape index (κ1) is 20.4. The first-order valence-electron chi connectivity index (χ1n) is 8.21. The van der Waals surface area contributed by atoms with Crippen LogP contribution in [0.3, 0.4) is 0 Å². The van der Waals surface area contributed by atoms with Crippen LogP contribution in [0.4, 0.5) is 0 Å². The van der Waals surface area contributed by atoms with Gasteiger partial charge in [-0.05, 0) is 37.2 Å². The number of carbonyl (C=O) groups excluding carboxylic acids is 2. The number of hydrogen-bond donors (Lipinski definition) is 3. The zero-order chi connectivity index (χ0) is 20.0. The van der Waals surface area contributed by atoms with E-state index in [1.54, 1.807) is 31.2 Å². The largest absolute Gasteiger partial charge is 0.478 e. The predicted octanol–water partition coefficient (Wildman–Crippen LogP) is 1.29. The van der Waals surface area contributed by atoms with E-state index >= 15 is 0 Å². The maximum atomic E-state index is 12.1. The standard InChI is InChI=1S/C18H20N2O6S/c1-10-16(17(23)24)13(20-18(27)19-10)9-25-15(22)8-7-12-5-3-4-6-14(12)26-11(2)21/h3-6,13H,7-9H2,1-2H3,(H,23,24)(H2,19,20,27). The quantitative estimate of drug-likeness (QED) is 0.359. The summed E-state index contributed by atoms with van der Waals surface area (Å²) in [5.74, 6) is -1.66. The number of ether oxygens (including phenoxy) is 2. The lowest BCUT2D eigenvalue weighted by molar-refractivity contribution is -0.144. The molecule has 144 valence electrons. The van der Waals surface area contributed by atoms with Crippen molar-refractivity contribution in [3.63, 3.8) is 0 Å². The van der Waals surface area contributed by atoms with Gasteiger partial charge in [-0.2, -0.15) is 0 Å². The van der Waals surface area contributed by atoms with Crippen LogP contribution < -0.4 is 15.4 Å². The molecule has 3 N–H and O–H groups in total. The van der Waals surface area contributed by atoms with Crippen LogP contribution in [-0.2, 0) is 25.5 Å². The van der Waals surface area contributed by atoms with Gasteiger partial charge >= 0.3 is 17.9 Å². The Hall–Kier alpha value is -2.94. The molecular formula is C18H20N2O6S. The van der Waals surface area contributed by atoms with Gasteiger partial charge in [0.15, 0.2) is 5.11 Å². The molecule has 1 atom stereocenters.